The van der Waals surface area contributed by atoms with Crippen molar-refractivity contribution in [3.05, 3.63) is 58.6 Å². The second kappa shape index (κ2) is 8.50. The van der Waals surface area contributed by atoms with E-state index in [1.807, 2.05) is 24.3 Å². The Bertz CT molecular complexity index is 802. The summed E-state index contributed by atoms with van der Waals surface area (Å²) < 4.78 is 4.71. The van der Waals surface area contributed by atoms with Crippen molar-refractivity contribution in [3.63, 3.8) is 0 Å². The molecule has 8 nitrogen and oxygen atoms in total. The second-order valence-corrected chi connectivity index (χ2v) is 6.29. The van der Waals surface area contributed by atoms with Gasteiger partial charge in [-0.1, -0.05) is 12.1 Å². The normalized spacial score (nSPS) is 14.6. The molecule has 8 heteroatoms. The number of benzene rings is 2. The molecule has 0 unspecified atom stereocenters. The fourth-order valence-electron chi connectivity index (χ4n) is 3.06. The zero-order valence-electron chi connectivity index (χ0n) is 15.1. The van der Waals surface area contributed by atoms with Gasteiger partial charge in [-0.3, -0.25) is 19.8 Å². The van der Waals surface area contributed by atoms with Gasteiger partial charge in [-0.15, -0.1) is 0 Å². The Kier molecular flexibility index (Phi) is 5.87. The maximum Gasteiger partial charge on any atom is 0.319 e. The van der Waals surface area contributed by atoms with Gasteiger partial charge in [0, 0.05) is 43.6 Å². The highest BCUT2D eigenvalue weighted by molar-refractivity contribution is 5.72. The average Bonchev–Trinajstić information content (AvgIpc) is 2.69. The number of anilines is 3. The third-order valence-corrected chi connectivity index (χ3v) is 4.56. The number of rotatable bonds is 6. The molecular weight excluding hydrogens is 348 g/mol. The van der Waals surface area contributed by atoms with Crippen molar-refractivity contribution in [1.29, 1.82) is 0 Å². The van der Waals surface area contributed by atoms with E-state index < -0.39 is 4.92 Å². The summed E-state index contributed by atoms with van der Waals surface area (Å²) in [6.07, 6.45) is 0. The van der Waals surface area contributed by atoms with E-state index in [1.165, 1.54) is 13.2 Å². The molecule has 0 spiro atoms. The van der Waals surface area contributed by atoms with Gasteiger partial charge in [-0.25, -0.2) is 0 Å². The minimum absolute atomic E-state index is 0.0447. The van der Waals surface area contributed by atoms with E-state index in [1.54, 1.807) is 18.2 Å². The Balaban J connectivity index is 1.60. The predicted molar refractivity (Wildman–Crippen MR) is 103 cm³/mol. The molecule has 0 bridgehead atoms. The van der Waals surface area contributed by atoms with E-state index in [9.17, 15) is 14.9 Å². The Labute approximate surface area is 157 Å². The molecule has 1 aliphatic rings. The number of carbonyl (C=O) groups is 1. The Morgan fingerprint density at radius 2 is 1.78 bits per heavy atom. The number of methoxy groups -OCH3 is 1. The minimum atomic E-state index is -0.398. The van der Waals surface area contributed by atoms with E-state index in [2.05, 4.69) is 15.1 Å². The summed E-state index contributed by atoms with van der Waals surface area (Å²) in [5.41, 5.74) is 2.38. The number of hydrogen-bond acceptors (Lipinski definition) is 7. The van der Waals surface area contributed by atoms with Crippen LogP contribution in [0.25, 0.3) is 0 Å². The molecule has 142 valence electrons. The van der Waals surface area contributed by atoms with Crippen LogP contribution in [-0.2, 0) is 9.53 Å². The number of para-hydroxylation sites is 2. The highest BCUT2D eigenvalue weighted by Crippen LogP contribution is 2.28. The zero-order valence-corrected chi connectivity index (χ0v) is 15.1. The zero-order chi connectivity index (χ0) is 19.2. The summed E-state index contributed by atoms with van der Waals surface area (Å²) in [7, 11) is 1.40. The second-order valence-electron chi connectivity index (χ2n) is 6.29. The Morgan fingerprint density at radius 3 is 2.41 bits per heavy atom. The van der Waals surface area contributed by atoms with Crippen LogP contribution in [0, 0.1) is 10.1 Å². The summed E-state index contributed by atoms with van der Waals surface area (Å²) in [5.74, 6) is -0.214. The molecule has 0 radical (unpaired) electrons. The van der Waals surface area contributed by atoms with E-state index >= 15 is 0 Å². The molecule has 0 aliphatic carbocycles. The van der Waals surface area contributed by atoms with Crippen LogP contribution in [-0.4, -0.2) is 55.6 Å². The molecule has 0 atom stereocenters. The van der Waals surface area contributed by atoms with Crippen molar-refractivity contribution in [1.82, 2.24) is 4.90 Å². The minimum Gasteiger partial charge on any atom is -0.468 e. The number of nitrogens with one attached hydrogen (secondary N) is 1. The summed E-state index contributed by atoms with van der Waals surface area (Å²) in [6.45, 7) is 3.57. The third-order valence-electron chi connectivity index (χ3n) is 4.56. The van der Waals surface area contributed by atoms with Crippen LogP contribution in [0.2, 0.25) is 0 Å². The molecule has 27 heavy (non-hydrogen) atoms. The summed E-state index contributed by atoms with van der Waals surface area (Å²) in [4.78, 5) is 26.4. The van der Waals surface area contributed by atoms with Crippen molar-refractivity contribution in [3.8, 4) is 0 Å². The monoisotopic (exact) mass is 370 g/mol. The molecule has 1 N–H and O–H groups in total. The summed E-state index contributed by atoms with van der Waals surface area (Å²) in [5, 5.41) is 14.2. The lowest BCUT2D eigenvalue weighted by atomic mass is 10.2. The highest BCUT2D eigenvalue weighted by atomic mass is 16.6. The average molecular weight is 370 g/mol. The largest absolute Gasteiger partial charge is 0.468 e. The number of nitro benzene ring substituents is 1. The van der Waals surface area contributed by atoms with Crippen molar-refractivity contribution < 1.29 is 14.5 Å². The number of ether oxygens (including phenoxy) is 1. The Morgan fingerprint density at radius 1 is 1.11 bits per heavy atom. The molecule has 1 fully saturated rings. The molecule has 0 saturated carbocycles. The van der Waals surface area contributed by atoms with E-state index in [0.717, 1.165) is 37.6 Å². The lowest BCUT2D eigenvalue weighted by molar-refractivity contribution is -0.383. The van der Waals surface area contributed by atoms with E-state index in [-0.39, 0.29) is 11.7 Å². The van der Waals surface area contributed by atoms with Gasteiger partial charge >= 0.3 is 5.97 Å². The lowest BCUT2D eigenvalue weighted by Gasteiger charge is -2.35. The maximum atomic E-state index is 11.4. The fraction of sp³-hybridized carbons (Fsp3) is 0.316. The van der Waals surface area contributed by atoms with Gasteiger partial charge in [0.1, 0.15) is 5.69 Å². The molecule has 3 rings (SSSR count). The first-order chi connectivity index (χ1) is 13.1. The van der Waals surface area contributed by atoms with Gasteiger partial charge in [-0.2, -0.15) is 0 Å². The van der Waals surface area contributed by atoms with Crippen LogP contribution in [0.1, 0.15) is 0 Å². The number of piperazine rings is 1. The molecule has 1 saturated heterocycles. The first-order valence-electron chi connectivity index (χ1n) is 8.71. The summed E-state index contributed by atoms with van der Waals surface area (Å²) >= 11 is 0. The predicted octanol–water partition coefficient (Wildman–Crippen LogP) is 2.63. The summed E-state index contributed by atoms with van der Waals surface area (Å²) in [6, 6.07) is 14.4. The molecule has 1 aliphatic heterocycles. The van der Waals surface area contributed by atoms with Gasteiger partial charge in [0.15, 0.2) is 0 Å². The van der Waals surface area contributed by atoms with Crippen molar-refractivity contribution >= 4 is 28.7 Å². The maximum absolute atomic E-state index is 11.4. The van der Waals surface area contributed by atoms with Crippen molar-refractivity contribution in [2.24, 2.45) is 0 Å². The van der Waals surface area contributed by atoms with E-state index in [0.29, 0.717) is 12.2 Å². The first kappa shape index (κ1) is 18.7. The van der Waals surface area contributed by atoms with Crippen molar-refractivity contribution in [2.45, 2.75) is 0 Å². The smallest absolute Gasteiger partial charge is 0.319 e. The topological polar surface area (TPSA) is 88.0 Å². The molecule has 0 aromatic heterocycles. The standard InChI is InChI=1S/C19H22N4O4/c1-27-19(24)14-21-10-12-22(13-11-21)16-8-6-15(7-9-16)20-17-4-2-3-5-18(17)23(25)26/h2-9,20H,10-14H2,1H3. The molecular formula is C19H22N4O4. The van der Waals surface area contributed by atoms with Crippen molar-refractivity contribution in [2.75, 3.05) is 50.1 Å². The molecule has 2 aromatic carbocycles. The fourth-order valence-corrected chi connectivity index (χ4v) is 3.06. The SMILES string of the molecule is COC(=O)CN1CCN(c2ccc(Nc3ccccc3[N+](=O)[O-])cc2)CC1. The number of nitro groups is 1. The number of esters is 1. The van der Waals surface area contributed by atoms with Gasteiger partial charge in [-0.05, 0) is 30.3 Å². The lowest BCUT2D eigenvalue weighted by Crippen LogP contribution is -2.48. The van der Waals surface area contributed by atoms with Gasteiger partial charge in [0.2, 0.25) is 0 Å². The van der Waals surface area contributed by atoms with Crippen LogP contribution >= 0.6 is 0 Å². The quantitative estimate of drug-likeness (QED) is 0.475. The van der Waals surface area contributed by atoms with Gasteiger partial charge < -0.3 is 15.0 Å². The van der Waals surface area contributed by atoms with Crippen LogP contribution in [0.4, 0.5) is 22.7 Å². The van der Waals surface area contributed by atoms with Crippen LogP contribution in [0.15, 0.2) is 48.5 Å². The number of nitrogens with zero attached hydrogens (tertiary/aromatic N) is 3. The van der Waals surface area contributed by atoms with Crippen LogP contribution in [0.5, 0.6) is 0 Å². The van der Waals surface area contributed by atoms with E-state index in [4.69, 9.17) is 4.74 Å². The number of carbonyl (C=O) groups excluding carboxylic acids is 1. The molecule has 0 amide bonds. The van der Waals surface area contributed by atoms with Gasteiger partial charge in [0.25, 0.3) is 5.69 Å². The third kappa shape index (κ3) is 4.73. The highest BCUT2D eigenvalue weighted by Gasteiger charge is 2.19. The molecule has 2 aromatic rings. The number of hydrogen-bond donors (Lipinski definition) is 1. The van der Waals surface area contributed by atoms with Crippen LogP contribution in [0.3, 0.4) is 0 Å². The molecule has 1 heterocycles. The van der Waals surface area contributed by atoms with Gasteiger partial charge in [0.05, 0.1) is 18.6 Å². The first-order valence-corrected chi connectivity index (χ1v) is 8.71. The van der Waals surface area contributed by atoms with Crippen LogP contribution < -0.4 is 10.2 Å². The Hall–Kier alpha value is -3.13.